The van der Waals surface area contributed by atoms with Gasteiger partial charge in [-0.2, -0.15) is 11.3 Å². The molecule has 0 unspecified atom stereocenters. The highest BCUT2D eigenvalue weighted by molar-refractivity contribution is 7.14. The zero-order valence-electron chi connectivity index (χ0n) is 12.4. The maximum absolute atomic E-state index is 12.8. The third-order valence-corrected chi connectivity index (χ3v) is 5.58. The number of rotatable bonds is 3. The lowest BCUT2D eigenvalue weighted by Gasteiger charge is -2.15. The maximum Gasteiger partial charge on any atom is 0.312 e. The molecule has 0 saturated heterocycles. The van der Waals surface area contributed by atoms with E-state index in [0.717, 1.165) is 10.6 Å². The van der Waals surface area contributed by atoms with Crippen molar-refractivity contribution in [2.45, 2.75) is 5.92 Å². The molecule has 1 N–H and O–H groups in total. The van der Waals surface area contributed by atoms with Crippen LogP contribution in [0.15, 0.2) is 46.5 Å². The van der Waals surface area contributed by atoms with Crippen LogP contribution in [-0.4, -0.2) is 28.5 Å². The van der Waals surface area contributed by atoms with E-state index < -0.39 is 11.9 Å². The van der Waals surface area contributed by atoms with Crippen LogP contribution in [0.4, 0.5) is 5.69 Å². The summed E-state index contributed by atoms with van der Waals surface area (Å²) in [7, 11) is 0. The Kier molecular flexibility index (Phi) is 3.66. The number of aromatic nitrogens is 1. The van der Waals surface area contributed by atoms with Gasteiger partial charge in [-0.25, -0.2) is 4.98 Å². The molecule has 0 aliphatic carbocycles. The molecule has 1 aliphatic heterocycles. The predicted octanol–water partition coefficient (Wildman–Crippen LogP) is 3.70. The molecule has 4 rings (SSSR count). The molecule has 120 valence electrons. The summed E-state index contributed by atoms with van der Waals surface area (Å²) in [5.74, 6) is -1.88. The van der Waals surface area contributed by atoms with E-state index in [1.165, 1.54) is 16.2 Å². The Morgan fingerprint density at radius 1 is 1.21 bits per heavy atom. The van der Waals surface area contributed by atoms with Crippen molar-refractivity contribution < 1.29 is 14.7 Å². The second-order valence-electron chi connectivity index (χ2n) is 5.42. The standard InChI is InChI=1S/C17H12N2O3S2/c20-16(13-9-24-15(18-13)10-5-6-23-8-10)19-7-12(17(21)22)11-3-1-2-4-14(11)19/h1-6,8-9,12H,7H2,(H,21,22)/t12-/m0/s1. The molecule has 1 aliphatic rings. The van der Waals surface area contributed by atoms with Gasteiger partial charge >= 0.3 is 5.97 Å². The molecule has 1 aromatic carbocycles. The van der Waals surface area contributed by atoms with E-state index in [4.69, 9.17) is 0 Å². The molecule has 1 atom stereocenters. The molecule has 0 fully saturated rings. The summed E-state index contributed by atoms with van der Waals surface area (Å²) >= 11 is 2.99. The topological polar surface area (TPSA) is 70.5 Å². The van der Waals surface area contributed by atoms with Crippen LogP contribution < -0.4 is 4.90 Å². The van der Waals surface area contributed by atoms with Crippen molar-refractivity contribution in [3.05, 3.63) is 57.7 Å². The fourth-order valence-corrected chi connectivity index (χ4v) is 4.35. The first-order valence-corrected chi connectivity index (χ1v) is 9.09. The summed E-state index contributed by atoms with van der Waals surface area (Å²) in [5.41, 5.74) is 2.67. The number of para-hydroxylation sites is 1. The lowest BCUT2D eigenvalue weighted by atomic mass is 10.0. The van der Waals surface area contributed by atoms with Gasteiger partial charge in [-0.3, -0.25) is 9.59 Å². The van der Waals surface area contributed by atoms with Gasteiger partial charge in [-0.1, -0.05) is 18.2 Å². The number of carbonyl (C=O) groups excluding carboxylic acids is 1. The largest absolute Gasteiger partial charge is 0.481 e. The van der Waals surface area contributed by atoms with Crippen LogP contribution in [0.2, 0.25) is 0 Å². The first kappa shape index (κ1) is 15.0. The van der Waals surface area contributed by atoms with E-state index in [1.54, 1.807) is 41.0 Å². The second kappa shape index (κ2) is 5.85. The predicted molar refractivity (Wildman–Crippen MR) is 93.9 cm³/mol. The number of hydrogen-bond donors (Lipinski definition) is 1. The Morgan fingerprint density at radius 2 is 2.04 bits per heavy atom. The average Bonchev–Trinajstić information content (AvgIpc) is 3.32. The third-order valence-electron chi connectivity index (χ3n) is 4.00. The van der Waals surface area contributed by atoms with Crippen molar-refractivity contribution in [1.29, 1.82) is 0 Å². The van der Waals surface area contributed by atoms with E-state index >= 15 is 0 Å². The van der Waals surface area contributed by atoms with Gasteiger partial charge in [0.2, 0.25) is 0 Å². The summed E-state index contributed by atoms with van der Waals surface area (Å²) in [4.78, 5) is 30.3. The summed E-state index contributed by atoms with van der Waals surface area (Å²) in [6.07, 6.45) is 0. The van der Waals surface area contributed by atoms with Crippen LogP contribution in [0.3, 0.4) is 0 Å². The van der Waals surface area contributed by atoms with Crippen molar-refractivity contribution in [3.8, 4) is 10.6 Å². The van der Waals surface area contributed by atoms with Crippen molar-refractivity contribution in [2.24, 2.45) is 0 Å². The molecule has 0 saturated carbocycles. The fourth-order valence-electron chi connectivity index (χ4n) is 2.84. The van der Waals surface area contributed by atoms with Gasteiger partial charge in [0.25, 0.3) is 5.91 Å². The van der Waals surface area contributed by atoms with E-state index in [0.29, 0.717) is 16.9 Å². The number of carboxylic acid groups (broad SMARTS) is 1. The van der Waals surface area contributed by atoms with Crippen LogP contribution in [0.25, 0.3) is 10.6 Å². The highest BCUT2D eigenvalue weighted by atomic mass is 32.1. The Hall–Kier alpha value is -2.51. The van der Waals surface area contributed by atoms with Crippen molar-refractivity contribution in [3.63, 3.8) is 0 Å². The lowest BCUT2D eigenvalue weighted by Crippen LogP contribution is -2.31. The number of fused-ring (bicyclic) bond motifs is 1. The molecule has 0 bridgehead atoms. The highest BCUT2D eigenvalue weighted by Crippen LogP contribution is 2.37. The van der Waals surface area contributed by atoms with Crippen LogP contribution in [0, 0.1) is 0 Å². The van der Waals surface area contributed by atoms with Crippen molar-refractivity contribution in [1.82, 2.24) is 4.98 Å². The highest BCUT2D eigenvalue weighted by Gasteiger charge is 2.37. The molecule has 3 aromatic rings. The number of aliphatic carboxylic acids is 1. The molecule has 0 radical (unpaired) electrons. The van der Waals surface area contributed by atoms with Gasteiger partial charge in [-0.05, 0) is 23.1 Å². The molecular formula is C17H12N2O3S2. The number of carboxylic acids is 1. The smallest absolute Gasteiger partial charge is 0.312 e. The van der Waals surface area contributed by atoms with Crippen LogP contribution in [0.5, 0.6) is 0 Å². The average molecular weight is 356 g/mol. The van der Waals surface area contributed by atoms with Crippen LogP contribution in [0.1, 0.15) is 22.0 Å². The molecule has 7 heteroatoms. The molecular weight excluding hydrogens is 344 g/mol. The van der Waals surface area contributed by atoms with E-state index in [2.05, 4.69) is 4.98 Å². The van der Waals surface area contributed by atoms with E-state index in [9.17, 15) is 14.7 Å². The first-order chi connectivity index (χ1) is 11.6. The van der Waals surface area contributed by atoms with Gasteiger partial charge in [0.1, 0.15) is 16.6 Å². The van der Waals surface area contributed by atoms with Gasteiger partial charge in [0.15, 0.2) is 0 Å². The number of nitrogens with zero attached hydrogens (tertiary/aromatic N) is 2. The van der Waals surface area contributed by atoms with Crippen LogP contribution in [-0.2, 0) is 4.79 Å². The van der Waals surface area contributed by atoms with E-state index in [-0.39, 0.29) is 12.5 Å². The van der Waals surface area contributed by atoms with Crippen molar-refractivity contribution in [2.75, 3.05) is 11.4 Å². The van der Waals surface area contributed by atoms with Crippen LogP contribution >= 0.6 is 22.7 Å². The molecule has 1 amide bonds. The Bertz CT molecular complexity index is 918. The first-order valence-electron chi connectivity index (χ1n) is 7.27. The summed E-state index contributed by atoms with van der Waals surface area (Å²) in [5, 5.41) is 15.9. The second-order valence-corrected chi connectivity index (χ2v) is 7.05. The molecule has 2 aromatic heterocycles. The SMILES string of the molecule is O=C(O)[C@H]1CN(C(=O)c2csc(-c3ccsc3)n2)c2ccccc21. The van der Waals surface area contributed by atoms with Gasteiger partial charge in [-0.15, -0.1) is 11.3 Å². The number of carbonyl (C=O) groups is 2. The number of amides is 1. The minimum absolute atomic E-state index is 0.138. The third kappa shape index (κ3) is 2.42. The lowest BCUT2D eigenvalue weighted by molar-refractivity contribution is -0.138. The molecule has 0 spiro atoms. The number of thiazole rings is 1. The summed E-state index contributed by atoms with van der Waals surface area (Å²) in [6, 6.07) is 9.10. The van der Waals surface area contributed by atoms with Crippen molar-refractivity contribution >= 4 is 40.2 Å². The van der Waals surface area contributed by atoms with Gasteiger partial charge in [0.05, 0.1) is 0 Å². The zero-order chi connectivity index (χ0) is 16.7. The number of hydrogen-bond acceptors (Lipinski definition) is 5. The maximum atomic E-state index is 12.8. The number of thiophene rings is 1. The number of anilines is 1. The van der Waals surface area contributed by atoms with Gasteiger partial charge in [0, 0.05) is 28.6 Å². The Balaban J connectivity index is 1.67. The normalized spacial score (nSPS) is 16.2. The Morgan fingerprint density at radius 3 is 2.79 bits per heavy atom. The molecule has 5 nitrogen and oxygen atoms in total. The quantitative estimate of drug-likeness (QED) is 0.777. The van der Waals surface area contributed by atoms with Gasteiger partial charge < -0.3 is 10.0 Å². The minimum atomic E-state index is -0.921. The molecule has 3 heterocycles. The summed E-state index contributed by atoms with van der Waals surface area (Å²) < 4.78 is 0. The molecule has 24 heavy (non-hydrogen) atoms. The summed E-state index contributed by atoms with van der Waals surface area (Å²) in [6.45, 7) is 0.138. The minimum Gasteiger partial charge on any atom is -0.481 e. The number of benzene rings is 1. The fraction of sp³-hybridized carbons (Fsp3) is 0.118. The zero-order valence-corrected chi connectivity index (χ0v) is 14.0. The monoisotopic (exact) mass is 356 g/mol. The Labute approximate surface area is 145 Å². The van der Waals surface area contributed by atoms with E-state index in [1.807, 2.05) is 16.8 Å².